The molecule has 0 atom stereocenters. The van der Waals surface area contributed by atoms with Crippen molar-refractivity contribution in [2.24, 2.45) is 5.73 Å². The Morgan fingerprint density at radius 2 is 1.50 bits per heavy atom. The molecule has 0 fully saturated rings. The van der Waals surface area contributed by atoms with E-state index in [2.05, 4.69) is 0 Å². The Balaban J connectivity index is 2.34. The summed E-state index contributed by atoms with van der Waals surface area (Å²) in [5, 5.41) is 1.99. The molecule has 162 valence electrons. The van der Waals surface area contributed by atoms with Crippen LogP contribution in [-0.4, -0.2) is 25.5 Å². The van der Waals surface area contributed by atoms with E-state index in [9.17, 15) is 35.9 Å². The zero-order valence-electron chi connectivity index (χ0n) is 15.1. The maximum atomic E-state index is 12.9. The zero-order valence-corrected chi connectivity index (χ0v) is 15.1. The Hall–Kier alpha value is -3.44. The summed E-state index contributed by atoms with van der Waals surface area (Å²) in [4.78, 5) is 23.1. The van der Waals surface area contributed by atoms with Crippen LogP contribution in [0.2, 0.25) is 0 Å². The van der Waals surface area contributed by atoms with Crippen molar-refractivity contribution in [2.45, 2.75) is 12.4 Å². The number of carbonyl (C=O) groups excluding carboxylic acids is 2. The molecule has 0 unspecified atom stereocenters. The number of nitrogens with one attached hydrogen (secondary N) is 1. The lowest BCUT2D eigenvalue weighted by Crippen LogP contribution is -2.20. The van der Waals surface area contributed by atoms with Gasteiger partial charge < -0.3 is 20.5 Å². The van der Waals surface area contributed by atoms with Crippen LogP contribution >= 0.6 is 0 Å². The second kappa shape index (κ2) is 8.51. The molecule has 0 aliphatic heterocycles. The Labute approximate surface area is 165 Å². The molecule has 2 amide bonds. The molecule has 0 heterocycles. The molecule has 12 heteroatoms. The van der Waals surface area contributed by atoms with Gasteiger partial charge >= 0.3 is 12.4 Å². The van der Waals surface area contributed by atoms with Crippen LogP contribution < -0.4 is 20.5 Å². The molecule has 2 aromatic rings. The number of rotatable bonds is 6. The molecule has 0 aromatic heterocycles. The molecule has 2 rings (SSSR count). The van der Waals surface area contributed by atoms with E-state index < -0.39 is 47.6 Å². The zero-order chi connectivity index (χ0) is 22.7. The monoisotopic (exact) mass is 436 g/mol. The number of ether oxygens (including phenoxy) is 2. The predicted octanol–water partition coefficient (Wildman–Crippen LogP) is 3.85. The van der Waals surface area contributed by atoms with Gasteiger partial charge in [-0.2, -0.15) is 26.3 Å². The van der Waals surface area contributed by atoms with Crippen molar-refractivity contribution in [3.05, 3.63) is 53.1 Å². The highest BCUT2D eigenvalue weighted by Gasteiger charge is 2.37. The molecular weight excluding hydrogens is 422 g/mol. The predicted molar refractivity (Wildman–Crippen MR) is 92.1 cm³/mol. The average Bonchev–Trinajstić information content (AvgIpc) is 2.64. The van der Waals surface area contributed by atoms with Gasteiger partial charge in [0.2, 0.25) is 0 Å². The number of anilines is 1. The minimum atomic E-state index is -5.05. The molecule has 3 N–H and O–H groups in total. The molecule has 0 aliphatic carbocycles. The largest absolute Gasteiger partial charge is 0.493 e. The first kappa shape index (κ1) is 22.8. The molecule has 0 radical (unpaired) electrons. The van der Waals surface area contributed by atoms with Crippen molar-refractivity contribution in [1.82, 2.24) is 0 Å². The lowest BCUT2D eigenvalue weighted by molar-refractivity contribution is -0.143. The number of hydrogen-bond acceptors (Lipinski definition) is 4. The second-order valence-corrected chi connectivity index (χ2v) is 5.87. The van der Waals surface area contributed by atoms with Gasteiger partial charge in [-0.05, 0) is 36.4 Å². The van der Waals surface area contributed by atoms with Crippen LogP contribution in [0.5, 0.6) is 11.5 Å². The number of amides is 2. The normalized spacial score (nSPS) is 11.7. The Morgan fingerprint density at radius 3 is 1.97 bits per heavy atom. The summed E-state index contributed by atoms with van der Waals surface area (Å²) < 4.78 is 87.6. The number of primary amides is 1. The summed E-state index contributed by atoms with van der Waals surface area (Å²) in [6.45, 7) is -0.480. The van der Waals surface area contributed by atoms with Gasteiger partial charge in [0.05, 0.1) is 18.2 Å². The average molecular weight is 436 g/mol. The van der Waals surface area contributed by atoms with Crippen LogP contribution in [0, 0.1) is 0 Å². The van der Waals surface area contributed by atoms with Crippen molar-refractivity contribution in [1.29, 1.82) is 0 Å². The summed E-state index contributed by atoms with van der Waals surface area (Å²) in [5.41, 5.74) is 0.966. The van der Waals surface area contributed by atoms with E-state index in [0.717, 1.165) is 6.07 Å². The van der Waals surface area contributed by atoms with Gasteiger partial charge in [-0.3, -0.25) is 9.59 Å². The molecule has 0 aliphatic rings. The SMILES string of the molecule is COc1cc(C(=O)Nc2cc(C(F)(F)F)cc(C(F)(F)F)c2)ccc1OCC(N)=O. The lowest BCUT2D eigenvalue weighted by Gasteiger charge is -2.15. The van der Waals surface area contributed by atoms with Crippen LogP contribution in [0.4, 0.5) is 32.0 Å². The molecule has 6 nitrogen and oxygen atoms in total. The fourth-order valence-electron chi connectivity index (χ4n) is 2.31. The highest BCUT2D eigenvalue weighted by molar-refractivity contribution is 6.04. The minimum Gasteiger partial charge on any atom is -0.493 e. The van der Waals surface area contributed by atoms with E-state index in [1.54, 1.807) is 0 Å². The van der Waals surface area contributed by atoms with E-state index in [-0.39, 0.29) is 23.1 Å². The number of halogens is 6. The first-order valence-electron chi connectivity index (χ1n) is 8.01. The van der Waals surface area contributed by atoms with Gasteiger partial charge in [0.15, 0.2) is 18.1 Å². The quantitative estimate of drug-likeness (QED) is 0.674. The van der Waals surface area contributed by atoms with Crippen LogP contribution in [0.3, 0.4) is 0 Å². The summed E-state index contributed by atoms with van der Waals surface area (Å²) in [6.07, 6.45) is -10.1. The van der Waals surface area contributed by atoms with Crippen molar-refractivity contribution in [3.8, 4) is 11.5 Å². The minimum absolute atomic E-state index is 0.0103. The number of alkyl halides is 6. The molecule has 0 saturated heterocycles. The molecule has 0 bridgehead atoms. The Bertz CT molecular complexity index is 924. The summed E-state index contributed by atoms with van der Waals surface area (Å²) in [6, 6.07) is 4.24. The van der Waals surface area contributed by atoms with Gasteiger partial charge in [-0.1, -0.05) is 0 Å². The van der Waals surface area contributed by atoms with E-state index >= 15 is 0 Å². The van der Waals surface area contributed by atoms with Gasteiger partial charge in [0, 0.05) is 11.3 Å². The number of nitrogens with two attached hydrogens (primary N) is 1. The topological polar surface area (TPSA) is 90.7 Å². The van der Waals surface area contributed by atoms with Crippen LogP contribution in [-0.2, 0) is 17.1 Å². The smallest absolute Gasteiger partial charge is 0.416 e. The van der Waals surface area contributed by atoms with E-state index in [1.165, 1.54) is 19.2 Å². The van der Waals surface area contributed by atoms with Gasteiger partial charge in [-0.25, -0.2) is 0 Å². The maximum Gasteiger partial charge on any atom is 0.416 e. The van der Waals surface area contributed by atoms with Crippen molar-refractivity contribution in [3.63, 3.8) is 0 Å². The fourth-order valence-corrected chi connectivity index (χ4v) is 2.31. The Kier molecular flexibility index (Phi) is 6.48. The maximum absolute atomic E-state index is 12.9. The number of carbonyl (C=O) groups is 2. The first-order valence-corrected chi connectivity index (χ1v) is 8.01. The van der Waals surface area contributed by atoms with E-state index in [4.69, 9.17) is 15.2 Å². The third-order valence-corrected chi connectivity index (χ3v) is 3.64. The van der Waals surface area contributed by atoms with Crippen molar-refractivity contribution >= 4 is 17.5 Å². The molecule has 0 saturated carbocycles. The summed E-state index contributed by atoms with van der Waals surface area (Å²) >= 11 is 0. The molecule has 30 heavy (non-hydrogen) atoms. The number of hydrogen-bond donors (Lipinski definition) is 2. The number of benzene rings is 2. The van der Waals surface area contributed by atoms with Crippen LogP contribution in [0.25, 0.3) is 0 Å². The van der Waals surface area contributed by atoms with Crippen LogP contribution in [0.1, 0.15) is 21.5 Å². The highest BCUT2D eigenvalue weighted by atomic mass is 19.4. The van der Waals surface area contributed by atoms with Gasteiger partial charge in [0.25, 0.3) is 11.8 Å². The second-order valence-electron chi connectivity index (χ2n) is 5.87. The van der Waals surface area contributed by atoms with Gasteiger partial charge in [0.1, 0.15) is 0 Å². The van der Waals surface area contributed by atoms with E-state index in [1.807, 2.05) is 5.32 Å². The molecule has 0 spiro atoms. The molecular formula is C18H14F6N2O4. The fraction of sp³-hybridized carbons (Fsp3) is 0.222. The summed E-state index contributed by atoms with van der Waals surface area (Å²) in [7, 11) is 1.22. The standard InChI is InChI=1S/C18H14F6N2O4/c1-29-14-4-9(2-3-13(14)30-8-15(25)27)16(28)26-12-6-10(17(19,20)21)5-11(7-12)18(22,23)24/h2-7H,8H2,1H3,(H2,25,27)(H,26,28). The van der Waals surface area contributed by atoms with Crippen molar-refractivity contribution < 1.29 is 45.4 Å². The summed E-state index contributed by atoms with van der Waals surface area (Å²) in [5.74, 6) is -1.73. The van der Waals surface area contributed by atoms with Crippen molar-refractivity contribution in [2.75, 3.05) is 19.0 Å². The van der Waals surface area contributed by atoms with Gasteiger partial charge in [-0.15, -0.1) is 0 Å². The number of methoxy groups -OCH3 is 1. The highest BCUT2D eigenvalue weighted by Crippen LogP contribution is 2.37. The third-order valence-electron chi connectivity index (χ3n) is 3.64. The van der Waals surface area contributed by atoms with E-state index in [0.29, 0.717) is 12.1 Å². The molecule has 2 aromatic carbocycles. The lowest BCUT2D eigenvalue weighted by atomic mass is 10.1. The first-order chi connectivity index (χ1) is 13.8. The third kappa shape index (κ3) is 5.78. The van der Waals surface area contributed by atoms with Crippen LogP contribution in [0.15, 0.2) is 36.4 Å². The Morgan fingerprint density at radius 1 is 0.933 bits per heavy atom.